The smallest absolute Gasteiger partial charge is 0.274 e. The highest BCUT2D eigenvalue weighted by Crippen LogP contribution is 2.13. The van der Waals surface area contributed by atoms with Crippen LogP contribution in [0.2, 0.25) is 0 Å². The number of thiocarbonyl (C=S) groups is 1. The molecule has 0 bridgehead atoms. The van der Waals surface area contributed by atoms with Crippen LogP contribution in [0.4, 0.5) is 0 Å². The number of aromatic nitrogens is 1. The van der Waals surface area contributed by atoms with Gasteiger partial charge in [0.1, 0.15) is 17.3 Å². The lowest BCUT2D eigenvalue weighted by Gasteiger charge is -2.16. The summed E-state index contributed by atoms with van der Waals surface area (Å²) >= 11 is 4.97. The Hall–Kier alpha value is -2.21. The van der Waals surface area contributed by atoms with Crippen LogP contribution in [0.3, 0.4) is 0 Å². The quantitative estimate of drug-likeness (QED) is 0.814. The topological polar surface area (TPSA) is 81.1 Å². The van der Waals surface area contributed by atoms with Crippen molar-refractivity contribution in [2.24, 2.45) is 5.73 Å². The monoisotopic (exact) mass is 261 g/mol. The van der Waals surface area contributed by atoms with Gasteiger partial charge in [-0.1, -0.05) is 47.7 Å². The van der Waals surface area contributed by atoms with E-state index in [0.29, 0.717) is 0 Å². The second kappa shape index (κ2) is 5.42. The molecular weight excluding hydrogens is 250 g/mol. The summed E-state index contributed by atoms with van der Waals surface area (Å²) in [4.78, 5) is 12.0. The minimum absolute atomic E-state index is 0.187. The second-order valence-electron chi connectivity index (χ2n) is 3.60. The maximum Gasteiger partial charge on any atom is 0.274 e. The fourth-order valence-corrected chi connectivity index (χ4v) is 1.69. The van der Waals surface area contributed by atoms with Crippen molar-refractivity contribution < 1.29 is 9.32 Å². The predicted octanol–water partition coefficient (Wildman–Crippen LogP) is 1.43. The lowest BCUT2D eigenvalue weighted by molar-refractivity contribution is 0.0938. The number of carbonyl (C=O) groups excluding carboxylic acids is 1. The second-order valence-corrected chi connectivity index (χ2v) is 4.08. The third-order valence-corrected chi connectivity index (χ3v) is 2.60. The van der Waals surface area contributed by atoms with Crippen molar-refractivity contribution in [2.75, 3.05) is 0 Å². The van der Waals surface area contributed by atoms with Gasteiger partial charge in [-0.15, -0.1) is 0 Å². The van der Waals surface area contributed by atoms with Gasteiger partial charge in [0, 0.05) is 6.07 Å². The first kappa shape index (κ1) is 12.3. The van der Waals surface area contributed by atoms with Crippen LogP contribution in [0.15, 0.2) is 47.2 Å². The molecule has 1 atom stereocenters. The standard InChI is InChI=1S/C12H11N3O2S/c13-11(18)10(8-4-2-1-3-5-8)14-12(16)9-6-7-17-15-9/h1-7,10H,(H2,13,18)(H,14,16). The summed E-state index contributed by atoms with van der Waals surface area (Å²) in [7, 11) is 0. The zero-order chi connectivity index (χ0) is 13.0. The minimum atomic E-state index is -0.523. The van der Waals surface area contributed by atoms with Crippen LogP contribution in [0.25, 0.3) is 0 Å². The van der Waals surface area contributed by atoms with Crippen LogP contribution in [0.1, 0.15) is 22.1 Å². The number of nitrogens with zero attached hydrogens (tertiary/aromatic N) is 1. The number of nitrogens with two attached hydrogens (primary N) is 1. The highest BCUT2D eigenvalue weighted by Gasteiger charge is 2.19. The molecule has 92 valence electrons. The summed E-state index contributed by atoms with van der Waals surface area (Å²) in [5.74, 6) is -0.384. The summed E-state index contributed by atoms with van der Waals surface area (Å²) in [6.45, 7) is 0. The summed E-state index contributed by atoms with van der Waals surface area (Å²) in [6, 6.07) is 10.2. The van der Waals surface area contributed by atoms with Crippen LogP contribution in [0.5, 0.6) is 0 Å². The molecule has 1 heterocycles. The molecule has 0 aliphatic heterocycles. The molecule has 3 N–H and O–H groups in total. The molecule has 2 rings (SSSR count). The highest BCUT2D eigenvalue weighted by atomic mass is 32.1. The third-order valence-electron chi connectivity index (χ3n) is 2.36. The van der Waals surface area contributed by atoms with E-state index in [1.54, 1.807) is 0 Å². The van der Waals surface area contributed by atoms with Gasteiger partial charge in [-0.3, -0.25) is 4.79 Å². The van der Waals surface area contributed by atoms with Crippen molar-refractivity contribution >= 4 is 23.1 Å². The number of hydrogen-bond acceptors (Lipinski definition) is 4. The lowest BCUT2D eigenvalue weighted by Crippen LogP contribution is -2.36. The maximum atomic E-state index is 11.8. The number of carbonyl (C=O) groups is 1. The van der Waals surface area contributed by atoms with Crippen molar-refractivity contribution in [2.45, 2.75) is 6.04 Å². The van der Waals surface area contributed by atoms with E-state index >= 15 is 0 Å². The predicted molar refractivity (Wildman–Crippen MR) is 69.9 cm³/mol. The largest absolute Gasteiger partial charge is 0.391 e. The van der Waals surface area contributed by atoms with E-state index in [1.165, 1.54) is 12.3 Å². The number of amides is 1. The molecule has 5 nitrogen and oxygen atoms in total. The van der Waals surface area contributed by atoms with Crippen molar-refractivity contribution in [3.05, 3.63) is 53.9 Å². The van der Waals surface area contributed by atoms with Crippen molar-refractivity contribution in [1.29, 1.82) is 0 Å². The van der Waals surface area contributed by atoms with Crippen LogP contribution in [-0.2, 0) is 0 Å². The third kappa shape index (κ3) is 2.72. The summed E-state index contributed by atoms with van der Waals surface area (Å²) in [5.41, 5.74) is 6.65. The van der Waals surface area contributed by atoms with E-state index in [4.69, 9.17) is 18.0 Å². The minimum Gasteiger partial charge on any atom is -0.391 e. The summed E-state index contributed by atoms with van der Waals surface area (Å²) in [6.07, 6.45) is 1.33. The van der Waals surface area contributed by atoms with Crippen molar-refractivity contribution in [1.82, 2.24) is 10.5 Å². The van der Waals surface area contributed by atoms with Gasteiger partial charge >= 0.3 is 0 Å². The van der Waals surface area contributed by atoms with Crippen LogP contribution in [-0.4, -0.2) is 16.1 Å². The Balaban J connectivity index is 2.18. The molecule has 0 aliphatic carbocycles. The average Bonchev–Trinajstić information content (AvgIpc) is 2.90. The molecule has 0 saturated heterocycles. The fourth-order valence-electron chi connectivity index (χ4n) is 1.50. The number of nitrogens with one attached hydrogen (secondary N) is 1. The Morgan fingerprint density at radius 3 is 2.61 bits per heavy atom. The van der Waals surface area contributed by atoms with E-state index in [1.807, 2.05) is 30.3 Å². The molecule has 1 unspecified atom stereocenters. The molecular formula is C12H11N3O2S. The SMILES string of the molecule is NC(=S)C(NC(=O)c1ccon1)c1ccccc1. The van der Waals surface area contributed by atoms with E-state index in [2.05, 4.69) is 15.0 Å². The van der Waals surface area contributed by atoms with Gasteiger partial charge in [0.15, 0.2) is 5.69 Å². The van der Waals surface area contributed by atoms with Gasteiger partial charge < -0.3 is 15.6 Å². The van der Waals surface area contributed by atoms with Crippen LogP contribution in [0, 0.1) is 0 Å². The molecule has 0 aliphatic rings. The average molecular weight is 261 g/mol. The first-order valence-electron chi connectivity index (χ1n) is 5.24. The van der Waals surface area contributed by atoms with Gasteiger partial charge in [-0.05, 0) is 5.56 Å². The molecule has 1 aromatic heterocycles. The van der Waals surface area contributed by atoms with E-state index in [0.717, 1.165) is 5.56 Å². The molecule has 0 spiro atoms. The Morgan fingerprint density at radius 2 is 2.06 bits per heavy atom. The zero-order valence-corrected chi connectivity index (χ0v) is 10.2. The van der Waals surface area contributed by atoms with Crippen LogP contribution < -0.4 is 11.1 Å². The zero-order valence-electron chi connectivity index (χ0n) is 9.37. The van der Waals surface area contributed by atoms with Gasteiger partial charge in [0.2, 0.25) is 0 Å². The summed E-state index contributed by atoms with van der Waals surface area (Å²) < 4.78 is 4.61. The molecule has 1 aromatic carbocycles. The Labute approximate surface area is 109 Å². The summed E-state index contributed by atoms with van der Waals surface area (Å²) in [5, 5.41) is 6.26. The highest BCUT2D eigenvalue weighted by molar-refractivity contribution is 7.80. The lowest BCUT2D eigenvalue weighted by atomic mass is 10.1. The molecule has 2 aromatic rings. The van der Waals surface area contributed by atoms with E-state index in [-0.39, 0.29) is 16.6 Å². The number of benzene rings is 1. The molecule has 0 fully saturated rings. The first-order chi connectivity index (χ1) is 8.68. The van der Waals surface area contributed by atoms with Crippen molar-refractivity contribution in [3.8, 4) is 0 Å². The Kier molecular flexibility index (Phi) is 3.69. The molecule has 18 heavy (non-hydrogen) atoms. The first-order valence-corrected chi connectivity index (χ1v) is 5.65. The molecule has 6 heteroatoms. The van der Waals surface area contributed by atoms with Crippen molar-refractivity contribution in [3.63, 3.8) is 0 Å². The fraction of sp³-hybridized carbons (Fsp3) is 0.0833. The number of hydrogen-bond donors (Lipinski definition) is 2. The Bertz CT molecular complexity index is 540. The van der Waals surface area contributed by atoms with E-state index in [9.17, 15) is 4.79 Å². The normalized spacial score (nSPS) is 11.8. The van der Waals surface area contributed by atoms with Crippen LogP contribution >= 0.6 is 12.2 Å². The van der Waals surface area contributed by atoms with Gasteiger partial charge in [0.05, 0.1) is 0 Å². The molecule has 0 saturated carbocycles. The number of rotatable bonds is 4. The van der Waals surface area contributed by atoms with Gasteiger partial charge in [-0.25, -0.2) is 0 Å². The Morgan fingerprint density at radius 1 is 1.33 bits per heavy atom. The van der Waals surface area contributed by atoms with E-state index < -0.39 is 6.04 Å². The molecule has 1 amide bonds. The van der Waals surface area contributed by atoms with Gasteiger partial charge in [-0.2, -0.15) is 0 Å². The molecule has 0 radical (unpaired) electrons. The maximum absolute atomic E-state index is 11.8. The van der Waals surface area contributed by atoms with Gasteiger partial charge in [0.25, 0.3) is 5.91 Å².